The van der Waals surface area contributed by atoms with Crippen LogP contribution in [0.1, 0.15) is 16.1 Å². The number of carbonyl (C=O) groups is 1. The molecule has 2 aromatic heterocycles. The summed E-state index contributed by atoms with van der Waals surface area (Å²) in [7, 11) is 1.83. The molecule has 0 amide bonds. The van der Waals surface area contributed by atoms with E-state index in [4.69, 9.17) is 16.7 Å². The number of nitrogens with one attached hydrogen (secondary N) is 1. The molecule has 0 fully saturated rings. The van der Waals surface area contributed by atoms with E-state index < -0.39 is 5.97 Å². The molecule has 0 unspecified atom stereocenters. The van der Waals surface area contributed by atoms with Gasteiger partial charge in [0.25, 0.3) is 0 Å². The fraction of sp³-hybridized carbons (Fsp3) is 0.182. The fourth-order valence-electron chi connectivity index (χ4n) is 1.44. The van der Waals surface area contributed by atoms with Crippen LogP contribution in [0, 0.1) is 0 Å². The average molecular weight is 267 g/mol. The van der Waals surface area contributed by atoms with Crippen molar-refractivity contribution in [3.63, 3.8) is 0 Å². The largest absolute Gasteiger partial charge is 0.478 e. The summed E-state index contributed by atoms with van der Waals surface area (Å²) < 4.78 is 1.69. The van der Waals surface area contributed by atoms with Gasteiger partial charge in [-0.15, -0.1) is 0 Å². The third-order valence-corrected chi connectivity index (χ3v) is 2.61. The summed E-state index contributed by atoms with van der Waals surface area (Å²) in [6, 6.07) is 3.26. The molecule has 2 N–H and O–H groups in total. The summed E-state index contributed by atoms with van der Waals surface area (Å²) in [4.78, 5) is 14.9. The maximum Gasteiger partial charge on any atom is 0.337 e. The molecule has 0 saturated carbocycles. The van der Waals surface area contributed by atoms with Crippen molar-refractivity contribution in [1.29, 1.82) is 0 Å². The first kappa shape index (κ1) is 12.4. The number of carboxylic acid groups (broad SMARTS) is 1. The molecule has 6 nitrogen and oxygen atoms in total. The molecule has 7 heteroatoms. The van der Waals surface area contributed by atoms with E-state index in [1.54, 1.807) is 4.68 Å². The number of nitrogens with zero attached hydrogens (tertiary/aromatic N) is 3. The number of rotatable bonds is 4. The molecule has 0 radical (unpaired) electrons. The average Bonchev–Trinajstić information content (AvgIpc) is 2.74. The lowest BCUT2D eigenvalue weighted by Gasteiger charge is -2.05. The zero-order chi connectivity index (χ0) is 13.1. The van der Waals surface area contributed by atoms with Crippen LogP contribution in [0.25, 0.3) is 0 Å². The number of aryl methyl sites for hydroxylation is 1. The van der Waals surface area contributed by atoms with Crippen LogP contribution < -0.4 is 5.32 Å². The SMILES string of the molecule is Cn1ccc(CNc2cc(C(=O)O)c(Cl)cn2)n1. The highest BCUT2D eigenvalue weighted by atomic mass is 35.5. The minimum absolute atomic E-state index is 0.0233. The predicted molar refractivity (Wildman–Crippen MR) is 66.7 cm³/mol. The minimum atomic E-state index is -1.08. The molecule has 2 heterocycles. The highest BCUT2D eigenvalue weighted by Crippen LogP contribution is 2.18. The topological polar surface area (TPSA) is 80.0 Å². The Morgan fingerprint density at radius 1 is 1.61 bits per heavy atom. The molecule has 0 bridgehead atoms. The highest BCUT2D eigenvalue weighted by Gasteiger charge is 2.10. The number of halogens is 1. The van der Waals surface area contributed by atoms with Gasteiger partial charge in [0.05, 0.1) is 22.8 Å². The van der Waals surface area contributed by atoms with Crippen LogP contribution in [-0.4, -0.2) is 25.8 Å². The van der Waals surface area contributed by atoms with Crippen molar-refractivity contribution in [3.8, 4) is 0 Å². The monoisotopic (exact) mass is 266 g/mol. The number of anilines is 1. The Morgan fingerprint density at radius 3 is 3.00 bits per heavy atom. The molecular weight excluding hydrogens is 256 g/mol. The second-order valence-electron chi connectivity index (χ2n) is 3.69. The van der Waals surface area contributed by atoms with Gasteiger partial charge in [-0.3, -0.25) is 4.68 Å². The molecule has 0 aromatic carbocycles. The van der Waals surface area contributed by atoms with Crippen molar-refractivity contribution >= 4 is 23.4 Å². The molecule has 0 aliphatic carbocycles. The lowest BCUT2D eigenvalue weighted by Crippen LogP contribution is -2.05. The van der Waals surface area contributed by atoms with Crippen molar-refractivity contribution in [2.24, 2.45) is 7.05 Å². The van der Waals surface area contributed by atoms with E-state index in [0.717, 1.165) is 5.69 Å². The van der Waals surface area contributed by atoms with E-state index >= 15 is 0 Å². The molecule has 94 valence electrons. The zero-order valence-corrected chi connectivity index (χ0v) is 10.3. The van der Waals surface area contributed by atoms with Crippen LogP contribution >= 0.6 is 11.6 Å². The summed E-state index contributed by atoms with van der Waals surface area (Å²) >= 11 is 5.72. The van der Waals surface area contributed by atoms with Crippen LogP contribution in [-0.2, 0) is 13.6 Å². The van der Waals surface area contributed by atoms with Gasteiger partial charge in [0.2, 0.25) is 0 Å². The predicted octanol–water partition coefficient (Wildman–Crippen LogP) is 1.78. The van der Waals surface area contributed by atoms with Gasteiger partial charge in [-0.25, -0.2) is 9.78 Å². The number of pyridine rings is 1. The number of hydrogen-bond acceptors (Lipinski definition) is 4. The van der Waals surface area contributed by atoms with E-state index in [9.17, 15) is 4.79 Å². The Bertz CT molecular complexity index is 582. The Kier molecular flexibility index (Phi) is 3.47. The van der Waals surface area contributed by atoms with Gasteiger partial charge < -0.3 is 10.4 Å². The molecule has 2 aromatic rings. The summed E-state index contributed by atoms with van der Waals surface area (Å²) in [6.07, 6.45) is 3.14. The smallest absolute Gasteiger partial charge is 0.337 e. The maximum absolute atomic E-state index is 10.9. The molecule has 18 heavy (non-hydrogen) atoms. The molecule has 0 saturated heterocycles. The minimum Gasteiger partial charge on any atom is -0.478 e. The van der Waals surface area contributed by atoms with Gasteiger partial charge in [-0.05, 0) is 12.1 Å². The number of aromatic carboxylic acids is 1. The molecule has 0 aliphatic rings. The maximum atomic E-state index is 10.9. The van der Waals surface area contributed by atoms with Crippen LogP contribution in [0.15, 0.2) is 24.5 Å². The third kappa shape index (κ3) is 2.78. The fourth-order valence-corrected chi connectivity index (χ4v) is 1.62. The summed E-state index contributed by atoms with van der Waals surface area (Å²) in [5.41, 5.74) is 0.862. The van der Waals surface area contributed by atoms with E-state index in [2.05, 4.69) is 15.4 Å². The van der Waals surface area contributed by atoms with E-state index in [1.165, 1.54) is 12.3 Å². The molecule has 0 spiro atoms. The van der Waals surface area contributed by atoms with Crippen LogP contribution in [0.2, 0.25) is 5.02 Å². The summed E-state index contributed by atoms with van der Waals surface area (Å²) in [5, 5.41) is 16.2. The van der Waals surface area contributed by atoms with Crippen LogP contribution in [0.5, 0.6) is 0 Å². The number of aromatic nitrogens is 3. The molecule has 2 rings (SSSR count). The molecule has 0 aliphatic heterocycles. The van der Waals surface area contributed by atoms with Crippen molar-refractivity contribution in [2.45, 2.75) is 6.54 Å². The zero-order valence-electron chi connectivity index (χ0n) is 9.59. The van der Waals surface area contributed by atoms with Gasteiger partial charge in [0.1, 0.15) is 5.82 Å². The first-order chi connectivity index (χ1) is 8.56. The second kappa shape index (κ2) is 5.05. The normalized spacial score (nSPS) is 10.3. The van der Waals surface area contributed by atoms with Gasteiger partial charge in [0, 0.05) is 19.4 Å². The lowest BCUT2D eigenvalue weighted by molar-refractivity contribution is 0.0697. The standard InChI is InChI=1S/C11H11ClN4O2/c1-16-3-2-7(15-16)5-13-10-4-8(11(17)18)9(12)6-14-10/h2-4,6H,5H2,1H3,(H,13,14)(H,17,18). The highest BCUT2D eigenvalue weighted by molar-refractivity contribution is 6.33. The quantitative estimate of drug-likeness (QED) is 0.882. The Balaban J connectivity index is 2.10. The third-order valence-electron chi connectivity index (χ3n) is 2.31. The lowest BCUT2D eigenvalue weighted by atomic mass is 10.2. The Labute approximate surface area is 108 Å². The Morgan fingerprint density at radius 2 is 2.39 bits per heavy atom. The first-order valence-electron chi connectivity index (χ1n) is 5.17. The summed E-state index contributed by atoms with van der Waals surface area (Å²) in [5.74, 6) is -0.634. The number of carboxylic acids is 1. The van der Waals surface area contributed by atoms with Crippen LogP contribution in [0.3, 0.4) is 0 Å². The van der Waals surface area contributed by atoms with Crippen molar-refractivity contribution < 1.29 is 9.90 Å². The van der Waals surface area contributed by atoms with Gasteiger partial charge in [-0.1, -0.05) is 11.6 Å². The van der Waals surface area contributed by atoms with Crippen LogP contribution in [0.4, 0.5) is 5.82 Å². The molecular formula is C11H11ClN4O2. The van der Waals surface area contributed by atoms with E-state index in [-0.39, 0.29) is 10.6 Å². The summed E-state index contributed by atoms with van der Waals surface area (Å²) in [6.45, 7) is 0.467. The van der Waals surface area contributed by atoms with E-state index in [0.29, 0.717) is 12.4 Å². The molecule has 0 atom stereocenters. The van der Waals surface area contributed by atoms with Crippen molar-refractivity contribution in [2.75, 3.05) is 5.32 Å². The van der Waals surface area contributed by atoms with E-state index in [1.807, 2.05) is 19.3 Å². The number of hydrogen-bond donors (Lipinski definition) is 2. The second-order valence-corrected chi connectivity index (χ2v) is 4.10. The first-order valence-corrected chi connectivity index (χ1v) is 5.55. The van der Waals surface area contributed by atoms with Gasteiger partial charge in [0.15, 0.2) is 0 Å². The van der Waals surface area contributed by atoms with Crippen molar-refractivity contribution in [3.05, 3.63) is 40.8 Å². The van der Waals surface area contributed by atoms with Gasteiger partial charge in [-0.2, -0.15) is 5.10 Å². The van der Waals surface area contributed by atoms with Crippen molar-refractivity contribution in [1.82, 2.24) is 14.8 Å². The Hall–Kier alpha value is -2.08. The van der Waals surface area contributed by atoms with Gasteiger partial charge >= 0.3 is 5.97 Å².